The van der Waals surface area contributed by atoms with E-state index >= 15 is 0 Å². The minimum atomic E-state index is -0.457. The summed E-state index contributed by atoms with van der Waals surface area (Å²) in [7, 11) is 0. The predicted octanol–water partition coefficient (Wildman–Crippen LogP) is 3.91. The first-order valence-electron chi connectivity index (χ1n) is 9.50. The number of aromatic nitrogens is 1. The number of carbonyl (C=O) groups is 1. The van der Waals surface area contributed by atoms with Gasteiger partial charge < -0.3 is 16.2 Å². The van der Waals surface area contributed by atoms with E-state index in [-0.39, 0.29) is 37.6 Å². The van der Waals surface area contributed by atoms with Gasteiger partial charge in [-0.25, -0.2) is 4.98 Å². The van der Waals surface area contributed by atoms with Crippen LogP contribution in [-0.2, 0) is 11.4 Å². The number of esters is 1. The Bertz CT molecular complexity index is 1250. The normalized spacial score (nSPS) is 10.3. The van der Waals surface area contributed by atoms with Crippen molar-refractivity contribution in [2.24, 2.45) is 0 Å². The van der Waals surface area contributed by atoms with E-state index in [1.807, 2.05) is 36.4 Å². The molecule has 0 aliphatic rings. The topological polar surface area (TPSA) is 60.5 Å². The van der Waals surface area contributed by atoms with Crippen molar-refractivity contribution in [3.8, 4) is 11.5 Å². The molecular weight excluding hydrogens is 458 g/mol. The number of carbonyl (C=O) groups excluding carboxylic acids is 1. The van der Waals surface area contributed by atoms with Gasteiger partial charge in [0.2, 0.25) is 0 Å². The van der Waals surface area contributed by atoms with E-state index in [1.54, 1.807) is 36.4 Å². The van der Waals surface area contributed by atoms with Gasteiger partial charge in [0.1, 0.15) is 12.4 Å². The van der Waals surface area contributed by atoms with Crippen molar-refractivity contribution in [1.82, 2.24) is 4.98 Å². The minimum absolute atomic E-state index is 0. The monoisotopic (exact) mass is 476 g/mol. The molecule has 3 aromatic carbocycles. The third-order valence-electron chi connectivity index (χ3n) is 4.47. The van der Waals surface area contributed by atoms with Gasteiger partial charge >= 0.3 is 35.5 Å². The fraction of sp³-hybridized carbons (Fsp3) is 0.0833. The predicted molar refractivity (Wildman–Crippen MR) is 125 cm³/mol. The van der Waals surface area contributed by atoms with Crippen molar-refractivity contribution in [3.63, 3.8) is 0 Å². The van der Waals surface area contributed by atoms with Gasteiger partial charge in [-0.3, -0.25) is 4.79 Å². The molecule has 0 amide bonds. The molecule has 32 heavy (non-hydrogen) atoms. The summed E-state index contributed by atoms with van der Waals surface area (Å²) >= 11 is 12.5. The van der Waals surface area contributed by atoms with Gasteiger partial charge in [0.15, 0.2) is 5.75 Å². The number of nitrogens with one attached hydrogen (secondary N) is 1. The van der Waals surface area contributed by atoms with E-state index in [0.717, 1.165) is 16.6 Å². The first-order chi connectivity index (χ1) is 15.0. The number of fused-ring (bicyclic) bond motifs is 1. The zero-order chi connectivity index (χ0) is 21.8. The van der Waals surface area contributed by atoms with Gasteiger partial charge in [-0.05, 0) is 36.4 Å². The Labute approximate surface area is 219 Å². The molecule has 1 N–H and O–H groups in total. The standard InChI is InChI=1S/C24H18Cl2N2O3.Na.H/c1-15(29)31-23-13-18(11-12-22(23)28-24-19(25)6-4-7-20(24)26)30-14-17-10-9-16-5-2-3-8-21(16)27-17;;/h2-13,28H,14H2,1H3;;/q;+1;-1. The maximum atomic E-state index is 11.6. The number of nitrogens with zero attached hydrogens (tertiary/aromatic N) is 1. The summed E-state index contributed by atoms with van der Waals surface area (Å²) in [5, 5.41) is 5.09. The Kier molecular flexibility index (Phi) is 8.40. The molecule has 0 bridgehead atoms. The molecule has 1 aromatic heterocycles. The minimum Gasteiger partial charge on any atom is -1.00 e. The fourth-order valence-electron chi connectivity index (χ4n) is 3.03. The second kappa shape index (κ2) is 11.0. The molecule has 0 unspecified atom stereocenters. The maximum Gasteiger partial charge on any atom is 1.00 e. The Morgan fingerprint density at radius 1 is 1.00 bits per heavy atom. The zero-order valence-corrected chi connectivity index (χ0v) is 21.1. The number of pyridine rings is 1. The molecule has 0 fully saturated rings. The molecule has 8 heteroatoms. The first-order valence-corrected chi connectivity index (χ1v) is 10.3. The number of halogens is 2. The molecule has 0 aliphatic heterocycles. The largest absolute Gasteiger partial charge is 1.00 e. The van der Waals surface area contributed by atoms with Crippen LogP contribution >= 0.6 is 23.2 Å². The summed E-state index contributed by atoms with van der Waals surface area (Å²) in [5.41, 5.74) is 2.74. The average molecular weight is 477 g/mol. The van der Waals surface area contributed by atoms with Crippen molar-refractivity contribution in [1.29, 1.82) is 0 Å². The van der Waals surface area contributed by atoms with Crippen LogP contribution in [0.1, 0.15) is 14.0 Å². The van der Waals surface area contributed by atoms with Crippen LogP contribution in [0.25, 0.3) is 10.9 Å². The Morgan fingerprint density at radius 2 is 1.75 bits per heavy atom. The first kappa shape index (κ1) is 24.4. The molecule has 5 nitrogen and oxygen atoms in total. The number of ether oxygens (including phenoxy) is 2. The number of hydrogen-bond donors (Lipinski definition) is 1. The average Bonchev–Trinajstić information content (AvgIpc) is 2.75. The summed E-state index contributed by atoms with van der Waals surface area (Å²) in [6.07, 6.45) is 0. The van der Waals surface area contributed by atoms with Crippen molar-refractivity contribution in [2.45, 2.75) is 13.5 Å². The SMILES string of the molecule is CC(=O)Oc1cc(OCc2ccc3ccccc3n2)ccc1Nc1c(Cl)cccc1Cl.[H-].[Na+]. The van der Waals surface area contributed by atoms with E-state index in [2.05, 4.69) is 10.3 Å². The van der Waals surface area contributed by atoms with Crippen molar-refractivity contribution < 1.29 is 45.3 Å². The van der Waals surface area contributed by atoms with Gasteiger partial charge in [-0.2, -0.15) is 0 Å². The van der Waals surface area contributed by atoms with Crippen LogP contribution in [0.5, 0.6) is 11.5 Å². The Hall–Kier alpha value is -2.28. The van der Waals surface area contributed by atoms with Gasteiger partial charge in [-0.1, -0.05) is 53.5 Å². The second-order valence-electron chi connectivity index (χ2n) is 6.76. The molecule has 0 saturated heterocycles. The van der Waals surface area contributed by atoms with Crippen LogP contribution in [0.15, 0.2) is 72.8 Å². The summed E-state index contributed by atoms with van der Waals surface area (Å²) in [4.78, 5) is 16.2. The smallest absolute Gasteiger partial charge is 1.00 e. The van der Waals surface area contributed by atoms with Crippen LogP contribution in [0.3, 0.4) is 0 Å². The molecule has 0 spiro atoms. The summed E-state index contributed by atoms with van der Waals surface area (Å²) in [6, 6.07) is 22.1. The number of rotatable bonds is 6. The molecule has 4 aromatic rings. The van der Waals surface area contributed by atoms with Crippen LogP contribution in [-0.4, -0.2) is 11.0 Å². The van der Waals surface area contributed by atoms with Gasteiger partial charge in [0.25, 0.3) is 0 Å². The van der Waals surface area contributed by atoms with E-state index < -0.39 is 5.97 Å². The fourth-order valence-corrected chi connectivity index (χ4v) is 3.52. The van der Waals surface area contributed by atoms with Crippen molar-refractivity contribution >= 4 is 51.4 Å². The molecule has 0 radical (unpaired) electrons. The molecule has 4 rings (SSSR count). The molecule has 0 atom stereocenters. The molecule has 158 valence electrons. The van der Waals surface area contributed by atoms with Crippen LogP contribution < -0.4 is 44.3 Å². The third-order valence-corrected chi connectivity index (χ3v) is 5.10. The number of hydrogen-bond acceptors (Lipinski definition) is 5. The summed E-state index contributed by atoms with van der Waals surface area (Å²) in [6.45, 7) is 1.60. The second-order valence-corrected chi connectivity index (χ2v) is 7.57. The van der Waals surface area contributed by atoms with Crippen molar-refractivity contribution in [2.75, 3.05) is 5.32 Å². The Morgan fingerprint density at radius 3 is 2.50 bits per heavy atom. The van der Waals surface area contributed by atoms with Gasteiger partial charge in [-0.15, -0.1) is 0 Å². The van der Waals surface area contributed by atoms with Gasteiger partial charge in [0, 0.05) is 18.4 Å². The zero-order valence-electron chi connectivity index (χ0n) is 18.6. The molecule has 1 heterocycles. The number of anilines is 2. The number of para-hydroxylation sites is 2. The summed E-state index contributed by atoms with van der Waals surface area (Å²) < 4.78 is 11.2. The van der Waals surface area contributed by atoms with Crippen LogP contribution in [0, 0.1) is 0 Å². The van der Waals surface area contributed by atoms with E-state index in [9.17, 15) is 4.79 Å². The van der Waals surface area contributed by atoms with E-state index in [0.29, 0.717) is 32.9 Å². The van der Waals surface area contributed by atoms with E-state index in [1.165, 1.54) is 6.92 Å². The van der Waals surface area contributed by atoms with Crippen LogP contribution in [0.2, 0.25) is 10.0 Å². The number of benzene rings is 3. The quantitative estimate of drug-likeness (QED) is 0.259. The maximum absolute atomic E-state index is 11.6. The summed E-state index contributed by atoms with van der Waals surface area (Å²) in [5.74, 6) is 0.371. The molecule has 0 saturated carbocycles. The molecule has 0 aliphatic carbocycles. The van der Waals surface area contributed by atoms with Crippen molar-refractivity contribution in [3.05, 3.63) is 88.5 Å². The molecular formula is C24H19Cl2N2NaO3. The van der Waals surface area contributed by atoms with Crippen LogP contribution in [0.4, 0.5) is 11.4 Å². The van der Waals surface area contributed by atoms with Gasteiger partial charge in [0.05, 0.1) is 32.6 Å². The Balaban J connectivity index is 0.00000193. The van der Waals surface area contributed by atoms with E-state index in [4.69, 9.17) is 32.7 Å². The third kappa shape index (κ3) is 5.94.